The van der Waals surface area contributed by atoms with Crippen molar-refractivity contribution in [3.8, 4) is 0 Å². The van der Waals surface area contributed by atoms with E-state index in [1.165, 1.54) is 4.90 Å². The monoisotopic (exact) mass is 413 g/mol. The van der Waals surface area contributed by atoms with Crippen LogP contribution < -0.4 is 10.2 Å². The van der Waals surface area contributed by atoms with Crippen LogP contribution in [0.5, 0.6) is 0 Å². The van der Waals surface area contributed by atoms with Crippen molar-refractivity contribution in [3.05, 3.63) is 59.7 Å². The summed E-state index contributed by atoms with van der Waals surface area (Å²) in [7, 11) is 0. The van der Waals surface area contributed by atoms with Gasteiger partial charge in [0.25, 0.3) is 5.97 Å². The van der Waals surface area contributed by atoms with Crippen molar-refractivity contribution in [2.45, 2.75) is 26.8 Å². The molecule has 0 saturated carbocycles. The Balaban J connectivity index is 0.000000735. The van der Waals surface area contributed by atoms with Gasteiger partial charge in [0.2, 0.25) is 0 Å². The minimum absolute atomic E-state index is 0.247. The van der Waals surface area contributed by atoms with E-state index in [1.54, 1.807) is 4.90 Å². The maximum Gasteiger partial charge on any atom is 0.329 e. The molecule has 1 atom stereocenters. The Morgan fingerprint density at radius 3 is 2.10 bits per heavy atom. The van der Waals surface area contributed by atoms with Crippen LogP contribution in [-0.2, 0) is 9.59 Å². The molecular weight excluding hydrogens is 386 g/mol. The fraction of sp³-hybridized carbons (Fsp3) is 0.318. The van der Waals surface area contributed by atoms with Gasteiger partial charge in [-0.05, 0) is 49.2 Å². The molecule has 0 unspecified atom stereocenters. The zero-order valence-electron chi connectivity index (χ0n) is 17.3. The smallest absolute Gasteiger partial charge is 0.329 e. The molecule has 8 nitrogen and oxygen atoms in total. The molecular formula is C22H27N3O5. The highest BCUT2D eigenvalue weighted by Crippen LogP contribution is 2.29. The molecule has 1 fully saturated rings. The van der Waals surface area contributed by atoms with Gasteiger partial charge in [0, 0.05) is 26.6 Å². The number of rotatable bonds is 3. The van der Waals surface area contributed by atoms with Crippen LogP contribution in [0.4, 0.5) is 16.2 Å². The van der Waals surface area contributed by atoms with E-state index < -0.39 is 18.0 Å². The Morgan fingerprint density at radius 1 is 1.00 bits per heavy atom. The third-order valence-electron chi connectivity index (χ3n) is 4.44. The van der Waals surface area contributed by atoms with E-state index in [9.17, 15) is 14.7 Å². The molecule has 160 valence electrons. The standard InChI is InChI=1S/C20H23N3O3.C2H4O2/c1-14-10-15(2)12-17(11-14)23(16-6-4-3-5-7-16)20(26)22-9-8-21-13-18(22)19(24)25;1-2(3)4/h3-7,10-12,18,21H,8-9,13H2,1-2H3,(H,24,25);1H3,(H,3,4)/t18-;/m0./s1. The second-order valence-corrected chi connectivity index (χ2v) is 7.07. The van der Waals surface area contributed by atoms with Crippen molar-refractivity contribution < 1.29 is 24.6 Å². The van der Waals surface area contributed by atoms with E-state index in [2.05, 4.69) is 5.32 Å². The predicted molar refractivity (Wildman–Crippen MR) is 114 cm³/mol. The van der Waals surface area contributed by atoms with Gasteiger partial charge >= 0.3 is 12.0 Å². The van der Waals surface area contributed by atoms with Crippen molar-refractivity contribution in [1.29, 1.82) is 0 Å². The number of hydrogen-bond acceptors (Lipinski definition) is 4. The summed E-state index contributed by atoms with van der Waals surface area (Å²) in [5, 5.41) is 20.0. The molecule has 0 bridgehead atoms. The number of nitrogens with one attached hydrogen (secondary N) is 1. The first-order chi connectivity index (χ1) is 14.2. The van der Waals surface area contributed by atoms with Gasteiger partial charge in [0.1, 0.15) is 6.04 Å². The number of carbonyl (C=O) groups excluding carboxylic acids is 1. The number of benzene rings is 2. The number of carbonyl (C=O) groups is 3. The molecule has 2 aromatic carbocycles. The van der Waals surface area contributed by atoms with E-state index in [1.807, 2.05) is 62.4 Å². The average Bonchev–Trinajstić information content (AvgIpc) is 2.68. The highest BCUT2D eigenvalue weighted by atomic mass is 16.4. The van der Waals surface area contributed by atoms with Crippen LogP contribution in [0.3, 0.4) is 0 Å². The van der Waals surface area contributed by atoms with Crippen molar-refractivity contribution in [1.82, 2.24) is 10.2 Å². The van der Waals surface area contributed by atoms with Gasteiger partial charge in [-0.1, -0.05) is 24.3 Å². The van der Waals surface area contributed by atoms with Crippen LogP contribution in [0.25, 0.3) is 0 Å². The molecule has 30 heavy (non-hydrogen) atoms. The van der Waals surface area contributed by atoms with E-state index in [4.69, 9.17) is 9.90 Å². The normalized spacial score (nSPS) is 15.6. The third kappa shape index (κ3) is 6.05. The first-order valence-electron chi connectivity index (χ1n) is 9.58. The summed E-state index contributed by atoms with van der Waals surface area (Å²) >= 11 is 0. The number of urea groups is 1. The summed E-state index contributed by atoms with van der Waals surface area (Å²) in [5.74, 6) is -1.83. The van der Waals surface area contributed by atoms with Crippen LogP contribution in [0.15, 0.2) is 48.5 Å². The van der Waals surface area contributed by atoms with Crippen LogP contribution in [-0.4, -0.2) is 58.8 Å². The van der Waals surface area contributed by atoms with Gasteiger partial charge in [0.05, 0.1) is 11.4 Å². The summed E-state index contributed by atoms with van der Waals surface area (Å²) in [5.41, 5.74) is 3.54. The molecule has 1 aliphatic heterocycles. The zero-order valence-corrected chi connectivity index (χ0v) is 17.3. The molecule has 1 aliphatic rings. The number of aryl methyl sites for hydroxylation is 2. The lowest BCUT2D eigenvalue weighted by Gasteiger charge is -2.37. The molecule has 3 rings (SSSR count). The molecule has 2 aromatic rings. The minimum Gasteiger partial charge on any atom is -0.481 e. The van der Waals surface area contributed by atoms with Gasteiger partial charge in [-0.3, -0.25) is 9.69 Å². The van der Waals surface area contributed by atoms with Crippen molar-refractivity contribution in [2.24, 2.45) is 0 Å². The molecule has 1 saturated heterocycles. The van der Waals surface area contributed by atoms with Crippen LogP contribution in [0, 0.1) is 13.8 Å². The topological polar surface area (TPSA) is 110 Å². The number of anilines is 2. The Bertz CT molecular complexity index is 877. The average molecular weight is 413 g/mol. The van der Waals surface area contributed by atoms with Gasteiger partial charge < -0.3 is 20.4 Å². The summed E-state index contributed by atoms with van der Waals surface area (Å²) < 4.78 is 0. The summed E-state index contributed by atoms with van der Waals surface area (Å²) in [6.45, 7) is 6.22. The molecule has 1 heterocycles. The fourth-order valence-electron chi connectivity index (χ4n) is 3.31. The number of para-hydroxylation sites is 1. The largest absolute Gasteiger partial charge is 0.481 e. The molecule has 0 radical (unpaired) electrons. The molecule has 3 N–H and O–H groups in total. The lowest BCUT2D eigenvalue weighted by molar-refractivity contribution is -0.142. The SMILES string of the molecule is CC(=O)O.Cc1cc(C)cc(N(C(=O)N2CCNC[C@H]2C(=O)O)c2ccccc2)c1. The van der Waals surface area contributed by atoms with Gasteiger partial charge in [-0.15, -0.1) is 0 Å². The van der Waals surface area contributed by atoms with Crippen LogP contribution in [0.1, 0.15) is 18.1 Å². The quantitative estimate of drug-likeness (QED) is 0.714. The van der Waals surface area contributed by atoms with E-state index in [0.717, 1.165) is 23.7 Å². The molecule has 8 heteroatoms. The van der Waals surface area contributed by atoms with Crippen molar-refractivity contribution in [2.75, 3.05) is 24.5 Å². The van der Waals surface area contributed by atoms with Gasteiger partial charge in [-0.25, -0.2) is 9.59 Å². The maximum absolute atomic E-state index is 13.4. The molecule has 0 aliphatic carbocycles. The first-order valence-corrected chi connectivity index (χ1v) is 9.58. The zero-order chi connectivity index (χ0) is 22.3. The van der Waals surface area contributed by atoms with Crippen molar-refractivity contribution >= 4 is 29.3 Å². The Morgan fingerprint density at radius 2 is 1.57 bits per heavy atom. The van der Waals surface area contributed by atoms with Gasteiger partial charge in [-0.2, -0.15) is 0 Å². The molecule has 0 spiro atoms. The fourth-order valence-corrected chi connectivity index (χ4v) is 3.31. The lowest BCUT2D eigenvalue weighted by atomic mass is 10.1. The predicted octanol–water partition coefficient (Wildman–Crippen LogP) is 3.01. The second-order valence-electron chi connectivity index (χ2n) is 7.07. The van der Waals surface area contributed by atoms with E-state index in [0.29, 0.717) is 18.8 Å². The van der Waals surface area contributed by atoms with Crippen LogP contribution >= 0.6 is 0 Å². The first kappa shape index (κ1) is 22.9. The minimum atomic E-state index is -1.00. The summed E-state index contributed by atoms with van der Waals surface area (Å²) in [6, 6.07) is 14.0. The summed E-state index contributed by atoms with van der Waals surface area (Å²) in [4.78, 5) is 37.1. The lowest BCUT2D eigenvalue weighted by Crippen LogP contribution is -2.59. The Kier molecular flexibility index (Phi) is 7.94. The number of piperazine rings is 1. The summed E-state index contributed by atoms with van der Waals surface area (Å²) in [6.07, 6.45) is 0. The van der Waals surface area contributed by atoms with Crippen molar-refractivity contribution in [3.63, 3.8) is 0 Å². The van der Waals surface area contributed by atoms with Gasteiger partial charge in [0.15, 0.2) is 0 Å². The second kappa shape index (κ2) is 10.4. The molecule has 2 amide bonds. The molecule has 0 aromatic heterocycles. The highest BCUT2D eigenvalue weighted by Gasteiger charge is 2.35. The highest BCUT2D eigenvalue weighted by molar-refractivity contribution is 6.01. The third-order valence-corrected chi connectivity index (χ3v) is 4.44. The van der Waals surface area contributed by atoms with E-state index >= 15 is 0 Å². The number of carboxylic acid groups (broad SMARTS) is 2. The van der Waals surface area contributed by atoms with Crippen LogP contribution in [0.2, 0.25) is 0 Å². The maximum atomic E-state index is 13.4. The Hall–Kier alpha value is -3.39. The number of amides is 2. The Labute approximate surface area is 175 Å². The number of carboxylic acids is 2. The number of aliphatic carboxylic acids is 2. The number of hydrogen-bond donors (Lipinski definition) is 3. The van der Waals surface area contributed by atoms with E-state index in [-0.39, 0.29) is 12.6 Å². The number of nitrogens with zero attached hydrogens (tertiary/aromatic N) is 2.